The van der Waals surface area contributed by atoms with Crippen molar-refractivity contribution in [3.63, 3.8) is 0 Å². The lowest BCUT2D eigenvalue weighted by atomic mass is 10.2. The van der Waals surface area contributed by atoms with Crippen molar-refractivity contribution in [2.45, 2.75) is 32.9 Å². The third kappa shape index (κ3) is 4.09. The fourth-order valence-corrected chi connectivity index (χ4v) is 2.01. The van der Waals surface area contributed by atoms with E-state index in [9.17, 15) is 0 Å². The molecule has 0 bridgehead atoms. The van der Waals surface area contributed by atoms with E-state index in [1.165, 1.54) is 32.7 Å². The Balaban J connectivity index is 2.30. The van der Waals surface area contributed by atoms with Crippen LogP contribution >= 0.6 is 0 Å². The van der Waals surface area contributed by atoms with Crippen LogP contribution in [-0.4, -0.2) is 73.6 Å². The summed E-state index contributed by atoms with van der Waals surface area (Å²) in [6, 6.07) is 1.34. The Bertz CT molecular complexity index is 174. The number of piperazine rings is 1. The van der Waals surface area contributed by atoms with Gasteiger partial charge in [-0.25, -0.2) is 0 Å². The minimum absolute atomic E-state index is 0.653. The standard InChI is InChI=1S/C12H27N3/c1-11(2)14(5)10-12(3)15-8-6-13(4)7-9-15/h11-12H,6-10H2,1-5H3. The molecular formula is C12H27N3. The largest absolute Gasteiger partial charge is 0.304 e. The van der Waals surface area contributed by atoms with Crippen molar-refractivity contribution < 1.29 is 0 Å². The first-order valence-corrected chi connectivity index (χ1v) is 6.13. The molecule has 1 saturated heterocycles. The van der Waals surface area contributed by atoms with Gasteiger partial charge in [0.1, 0.15) is 0 Å². The van der Waals surface area contributed by atoms with Gasteiger partial charge in [0.2, 0.25) is 0 Å². The topological polar surface area (TPSA) is 9.72 Å². The van der Waals surface area contributed by atoms with Crippen LogP contribution in [0.25, 0.3) is 0 Å². The molecular weight excluding hydrogens is 186 g/mol. The van der Waals surface area contributed by atoms with E-state index in [0.29, 0.717) is 12.1 Å². The predicted molar refractivity (Wildman–Crippen MR) is 66.3 cm³/mol. The smallest absolute Gasteiger partial charge is 0.0195 e. The highest BCUT2D eigenvalue weighted by Crippen LogP contribution is 2.07. The zero-order valence-corrected chi connectivity index (χ0v) is 11.0. The SMILES string of the molecule is CC(C)N(C)CC(C)N1CCN(C)CC1. The van der Waals surface area contributed by atoms with E-state index in [1.54, 1.807) is 0 Å². The summed E-state index contributed by atoms with van der Waals surface area (Å²) in [4.78, 5) is 7.46. The van der Waals surface area contributed by atoms with Crippen molar-refractivity contribution in [1.82, 2.24) is 14.7 Å². The molecule has 15 heavy (non-hydrogen) atoms. The highest BCUT2D eigenvalue weighted by molar-refractivity contribution is 4.77. The molecule has 0 aromatic rings. The second kappa shape index (κ2) is 5.83. The van der Waals surface area contributed by atoms with Gasteiger partial charge in [0.05, 0.1) is 0 Å². The number of rotatable bonds is 4. The summed E-state index contributed by atoms with van der Waals surface area (Å²) in [6.45, 7) is 12.9. The van der Waals surface area contributed by atoms with Gasteiger partial charge in [-0.1, -0.05) is 0 Å². The van der Waals surface area contributed by atoms with E-state index >= 15 is 0 Å². The lowest BCUT2D eigenvalue weighted by Crippen LogP contribution is -2.51. The molecule has 1 atom stereocenters. The Kier molecular flexibility index (Phi) is 5.03. The lowest BCUT2D eigenvalue weighted by Gasteiger charge is -2.38. The van der Waals surface area contributed by atoms with Gasteiger partial charge in [-0.2, -0.15) is 0 Å². The van der Waals surface area contributed by atoms with E-state index in [-0.39, 0.29) is 0 Å². The van der Waals surface area contributed by atoms with Gasteiger partial charge >= 0.3 is 0 Å². The first kappa shape index (κ1) is 12.9. The highest BCUT2D eigenvalue weighted by atomic mass is 15.3. The Morgan fingerprint density at radius 3 is 2.07 bits per heavy atom. The average molecular weight is 213 g/mol. The average Bonchev–Trinajstić information content (AvgIpc) is 2.18. The van der Waals surface area contributed by atoms with E-state index in [4.69, 9.17) is 0 Å². The Morgan fingerprint density at radius 1 is 1.07 bits per heavy atom. The zero-order chi connectivity index (χ0) is 11.4. The number of likely N-dealkylation sites (N-methyl/N-ethyl adjacent to an activating group) is 2. The van der Waals surface area contributed by atoms with Crippen molar-refractivity contribution in [3.8, 4) is 0 Å². The molecule has 3 heteroatoms. The van der Waals surface area contributed by atoms with Crippen LogP contribution in [0.5, 0.6) is 0 Å². The van der Waals surface area contributed by atoms with Crippen LogP contribution in [0.4, 0.5) is 0 Å². The molecule has 1 aliphatic rings. The molecule has 0 amide bonds. The fraction of sp³-hybridized carbons (Fsp3) is 1.00. The summed E-state index contributed by atoms with van der Waals surface area (Å²) in [5, 5.41) is 0. The van der Waals surface area contributed by atoms with Gasteiger partial charge in [-0.3, -0.25) is 4.90 Å². The molecule has 0 N–H and O–H groups in total. The molecule has 1 fully saturated rings. The monoisotopic (exact) mass is 213 g/mol. The van der Waals surface area contributed by atoms with E-state index < -0.39 is 0 Å². The maximum absolute atomic E-state index is 2.61. The molecule has 0 aromatic carbocycles. The van der Waals surface area contributed by atoms with Crippen molar-refractivity contribution in [3.05, 3.63) is 0 Å². The summed E-state index contributed by atoms with van der Waals surface area (Å²) in [5.74, 6) is 0. The third-order valence-corrected chi connectivity index (χ3v) is 3.59. The van der Waals surface area contributed by atoms with E-state index in [0.717, 1.165) is 0 Å². The maximum atomic E-state index is 2.61. The minimum atomic E-state index is 0.653. The lowest BCUT2D eigenvalue weighted by molar-refractivity contribution is 0.0932. The predicted octanol–water partition coefficient (Wildman–Crippen LogP) is 0.963. The zero-order valence-electron chi connectivity index (χ0n) is 11.0. The van der Waals surface area contributed by atoms with Gasteiger partial charge in [0.25, 0.3) is 0 Å². The molecule has 0 radical (unpaired) electrons. The normalized spacial score (nSPS) is 22.6. The van der Waals surface area contributed by atoms with Crippen LogP contribution in [0.15, 0.2) is 0 Å². The molecule has 1 unspecified atom stereocenters. The minimum Gasteiger partial charge on any atom is -0.304 e. The van der Waals surface area contributed by atoms with Crippen molar-refractivity contribution in [2.24, 2.45) is 0 Å². The number of hydrogen-bond donors (Lipinski definition) is 0. The molecule has 0 saturated carbocycles. The quantitative estimate of drug-likeness (QED) is 0.689. The Morgan fingerprint density at radius 2 is 1.60 bits per heavy atom. The molecule has 3 nitrogen and oxygen atoms in total. The van der Waals surface area contributed by atoms with Gasteiger partial charge in [0.15, 0.2) is 0 Å². The Labute approximate surface area is 95.0 Å². The number of hydrogen-bond acceptors (Lipinski definition) is 3. The summed E-state index contributed by atoms with van der Waals surface area (Å²) < 4.78 is 0. The molecule has 90 valence electrons. The Hall–Kier alpha value is -0.120. The molecule has 1 rings (SSSR count). The molecule has 0 aromatic heterocycles. The van der Waals surface area contributed by atoms with E-state index in [1.807, 2.05) is 0 Å². The summed E-state index contributed by atoms with van der Waals surface area (Å²) >= 11 is 0. The van der Waals surface area contributed by atoms with Crippen molar-refractivity contribution in [2.75, 3.05) is 46.8 Å². The molecule has 1 aliphatic heterocycles. The van der Waals surface area contributed by atoms with Gasteiger partial charge < -0.3 is 9.80 Å². The highest BCUT2D eigenvalue weighted by Gasteiger charge is 2.20. The summed E-state index contributed by atoms with van der Waals surface area (Å²) in [6.07, 6.45) is 0. The molecule has 0 aliphatic carbocycles. The van der Waals surface area contributed by atoms with Gasteiger partial charge in [0, 0.05) is 44.8 Å². The van der Waals surface area contributed by atoms with Gasteiger partial charge in [-0.15, -0.1) is 0 Å². The first-order chi connectivity index (χ1) is 7.00. The summed E-state index contributed by atoms with van der Waals surface area (Å²) in [5.41, 5.74) is 0. The molecule has 1 heterocycles. The fourth-order valence-electron chi connectivity index (χ4n) is 2.01. The third-order valence-electron chi connectivity index (χ3n) is 3.59. The van der Waals surface area contributed by atoms with Crippen molar-refractivity contribution >= 4 is 0 Å². The summed E-state index contributed by atoms with van der Waals surface area (Å²) in [7, 11) is 4.43. The second-order valence-corrected chi connectivity index (χ2v) is 5.22. The van der Waals surface area contributed by atoms with Crippen molar-refractivity contribution in [1.29, 1.82) is 0 Å². The molecule has 0 spiro atoms. The van der Waals surface area contributed by atoms with Crippen LogP contribution in [0.2, 0.25) is 0 Å². The van der Waals surface area contributed by atoms with E-state index in [2.05, 4.69) is 49.6 Å². The van der Waals surface area contributed by atoms with Crippen LogP contribution in [0, 0.1) is 0 Å². The van der Waals surface area contributed by atoms with Crippen LogP contribution in [0.1, 0.15) is 20.8 Å². The maximum Gasteiger partial charge on any atom is 0.0195 e. The van der Waals surface area contributed by atoms with Crippen LogP contribution < -0.4 is 0 Å². The van der Waals surface area contributed by atoms with Gasteiger partial charge in [-0.05, 0) is 34.9 Å². The first-order valence-electron chi connectivity index (χ1n) is 6.13. The second-order valence-electron chi connectivity index (χ2n) is 5.22. The van der Waals surface area contributed by atoms with Crippen LogP contribution in [-0.2, 0) is 0 Å². The number of nitrogens with zero attached hydrogens (tertiary/aromatic N) is 3. The van der Waals surface area contributed by atoms with Crippen LogP contribution in [0.3, 0.4) is 0 Å².